The zero-order valence-electron chi connectivity index (χ0n) is 15.8. The number of aromatic nitrogens is 1. The Labute approximate surface area is 168 Å². The average molecular weight is 426 g/mol. The second-order valence-corrected chi connectivity index (χ2v) is 7.03. The molecular weight excluding hydrogens is 408 g/mol. The number of carbonyl (C=O) groups is 1. The first-order chi connectivity index (χ1) is 14.1. The van der Waals surface area contributed by atoms with Crippen molar-refractivity contribution in [2.45, 2.75) is 31.5 Å². The zero-order chi connectivity index (χ0) is 22.1. The van der Waals surface area contributed by atoms with E-state index in [1.807, 2.05) is 5.32 Å². The molecule has 0 bridgehead atoms. The van der Waals surface area contributed by atoms with Gasteiger partial charge in [0.25, 0.3) is 0 Å². The van der Waals surface area contributed by atoms with Crippen LogP contribution in [0.5, 0.6) is 0 Å². The molecule has 1 aliphatic rings. The Morgan fingerprint density at radius 2 is 1.93 bits per heavy atom. The normalized spacial score (nSPS) is 19.4. The number of aryl methyl sites for hydroxylation is 1. The molecule has 11 heteroatoms. The predicted octanol–water partition coefficient (Wildman–Crippen LogP) is 3.48. The number of benzene rings is 1. The van der Waals surface area contributed by atoms with E-state index >= 15 is 0 Å². The number of carbonyl (C=O) groups excluding carboxylic acids is 1. The maximum Gasteiger partial charge on any atom is 0.471 e. The molecule has 0 spiro atoms. The summed E-state index contributed by atoms with van der Waals surface area (Å²) in [5.74, 6) is -3.10. The van der Waals surface area contributed by atoms with Crippen LogP contribution in [-0.2, 0) is 4.79 Å². The number of nitrogens with one attached hydrogen (secondary N) is 1. The van der Waals surface area contributed by atoms with E-state index in [4.69, 9.17) is 0 Å². The Morgan fingerprint density at radius 3 is 2.53 bits per heavy atom. The lowest BCUT2D eigenvalue weighted by atomic mass is 9.85. The monoisotopic (exact) mass is 426 g/mol. The van der Waals surface area contributed by atoms with Gasteiger partial charge in [0.15, 0.2) is 0 Å². The lowest BCUT2D eigenvalue weighted by molar-refractivity contribution is -0.384. The third-order valence-corrected chi connectivity index (χ3v) is 5.07. The van der Waals surface area contributed by atoms with Gasteiger partial charge < -0.3 is 10.2 Å². The second-order valence-electron chi connectivity index (χ2n) is 7.03. The topological polar surface area (TPSA) is 88.4 Å². The van der Waals surface area contributed by atoms with Crippen molar-refractivity contribution in [3.05, 3.63) is 63.6 Å². The number of hydrogen-bond donors (Lipinski definition) is 1. The SMILES string of the molecule is Cc1ccnc(N2CCC(c3ccc(F)cc3)C(NC(=O)C(F)(F)F)C2)c1[N+](=O)[O-]. The van der Waals surface area contributed by atoms with Crippen molar-refractivity contribution in [3.63, 3.8) is 0 Å². The summed E-state index contributed by atoms with van der Waals surface area (Å²) in [5, 5.41) is 13.5. The van der Waals surface area contributed by atoms with Crippen molar-refractivity contribution in [1.82, 2.24) is 10.3 Å². The summed E-state index contributed by atoms with van der Waals surface area (Å²) in [6.07, 6.45) is -3.42. The summed E-state index contributed by atoms with van der Waals surface area (Å²) >= 11 is 0. The van der Waals surface area contributed by atoms with E-state index in [0.29, 0.717) is 11.1 Å². The first-order valence-corrected chi connectivity index (χ1v) is 9.06. The number of hydrogen-bond acceptors (Lipinski definition) is 5. The molecule has 7 nitrogen and oxygen atoms in total. The Hall–Kier alpha value is -3.24. The molecule has 160 valence electrons. The van der Waals surface area contributed by atoms with Crippen LogP contribution in [0.2, 0.25) is 0 Å². The summed E-state index contributed by atoms with van der Waals surface area (Å²) in [6.45, 7) is 1.68. The molecule has 1 saturated heterocycles. The van der Waals surface area contributed by atoms with E-state index in [-0.39, 0.29) is 31.0 Å². The minimum absolute atomic E-state index is 0.0313. The third kappa shape index (κ3) is 4.50. The van der Waals surface area contributed by atoms with Gasteiger partial charge >= 0.3 is 17.8 Å². The smallest absolute Gasteiger partial charge is 0.349 e. The van der Waals surface area contributed by atoms with Crippen LogP contribution >= 0.6 is 0 Å². The fourth-order valence-electron chi connectivity index (χ4n) is 3.64. The number of piperidine rings is 1. The van der Waals surface area contributed by atoms with Gasteiger partial charge in [-0.1, -0.05) is 12.1 Å². The molecule has 2 atom stereocenters. The maximum atomic E-state index is 13.3. The van der Waals surface area contributed by atoms with Gasteiger partial charge in [-0.2, -0.15) is 13.2 Å². The van der Waals surface area contributed by atoms with Crippen LogP contribution in [0.3, 0.4) is 0 Å². The minimum atomic E-state index is -5.08. The van der Waals surface area contributed by atoms with E-state index < -0.39 is 34.8 Å². The van der Waals surface area contributed by atoms with Gasteiger partial charge in [-0.05, 0) is 37.1 Å². The third-order valence-electron chi connectivity index (χ3n) is 5.07. The molecule has 3 rings (SSSR count). The number of amides is 1. The van der Waals surface area contributed by atoms with Gasteiger partial charge in [-0.15, -0.1) is 0 Å². The highest BCUT2D eigenvalue weighted by Crippen LogP contribution is 2.35. The molecule has 0 saturated carbocycles. The largest absolute Gasteiger partial charge is 0.471 e. The predicted molar refractivity (Wildman–Crippen MR) is 99.6 cm³/mol. The summed E-state index contributed by atoms with van der Waals surface area (Å²) in [7, 11) is 0. The fourth-order valence-corrected chi connectivity index (χ4v) is 3.64. The number of nitrogens with zero attached hydrogens (tertiary/aromatic N) is 3. The summed E-state index contributed by atoms with van der Waals surface area (Å²) in [4.78, 5) is 28.0. The van der Waals surface area contributed by atoms with Gasteiger partial charge in [0.05, 0.1) is 11.0 Å². The Balaban J connectivity index is 1.94. The van der Waals surface area contributed by atoms with Crippen molar-refractivity contribution < 1.29 is 27.3 Å². The van der Waals surface area contributed by atoms with Crippen LogP contribution in [0.25, 0.3) is 0 Å². The van der Waals surface area contributed by atoms with E-state index in [1.54, 1.807) is 0 Å². The average Bonchev–Trinajstić information content (AvgIpc) is 2.67. The van der Waals surface area contributed by atoms with Crippen molar-refractivity contribution in [3.8, 4) is 0 Å². The van der Waals surface area contributed by atoms with Gasteiger partial charge in [-0.25, -0.2) is 9.37 Å². The molecule has 30 heavy (non-hydrogen) atoms. The van der Waals surface area contributed by atoms with E-state index in [9.17, 15) is 32.5 Å². The molecule has 2 heterocycles. The van der Waals surface area contributed by atoms with Crippen LogP contribution in [-0.4, -0.2) is 41.1 Å². The Kier molecular flexibility index (Phi) is 5.90. The number of rotatable bonds is 4. The minimum Gasteiger partial charge on any atom is -0.349 e. The van der Waals surface area contributed by atoms with Crippen LogP contribution in [0.1, 0.15) is 23.5 Å². The molecule has 1 N–H and O–H groups in total. The lowest BCUT2D eigenvalue weighted by Crippen LogP contribution is -2.54. The molecular formula is C19H18F4N4O3. The van der Waals surface area contributed by atoms with Crippen LogP contribution < -0.4 is 10.2 Å². The molecule has 1 aromatic carbocycles. The molecule has 1 amide bonds. The fraction of sp³-hybridized carbons (Fsp3) is 0.368. The van der Waals surface area contributed by atoms with Crippen molar-refractivity contribution in [2.75, 3.05) is 18.0 Å². The summed E-state index contributed by atoms with van der Waals surface area (Å²) in [5.41, 5.74) is 0.690. The van der Waals surface area contributed by atoms with E-state index in [1.165, 1.54) is 48.4 Å². The maximum absolute atomic E-state index is 13.3. The summed E-state index contributed by atoms with van der Waals surface area (Å²) in [6, 6.07) is 5.75. The highest BCUT2D eigenvalue weighted by molar-refractivity contribution is 5.82. The van der Waals surface area contributed by atoms with Gasteiger partial charge in [0.1, 0.15) is 5.82 Å². The molecule has 2 unspecified atom stereocenters. The standard InChI is InChI=1S/C19H18F4N4O3/c1-11-6-8-24-17(16(11)27(29)30)26-9-7-14(12-2-4-13(20)5-3-12)15(10-26)25-18(28)19(21,22)23/h2-6,8,14-15H,7,9-10H2,1H3,(H,25,28). The molecule has 1 aliphatic heterocycles. The number of pyridine rings is 1. The highest BCUT2D eigenvalue weighted by Gasteiger charge is 2.43. The van der Waals surface area contributed by atoms with Crippen LogP contribution in [0, 0.1) is 22.9 Å². The summed E-state index contributed by atoms with van der Waals surface area (Å²) < 4.78 is 51.8. The van der Waals surface area contributed by atoms with Crippen LogP contribution in [0.15, 0.2) is 36.5 Å². The molecule has 0 aliphatic carbocycles. The van der Waals surface area contributed by atoms with E-state index in [0.717, 1.165) is 0 Å². The highest BCUT2D eigenvalue weighted by atomic mass is 19.4. The van der Waals surface area contributed by atoms with Gasteiger partial charge in [0, 0.05) is 30.8 Å². The Bertz CT molecular complexity index is 950. The van der Waals surface area contributed by atoms with Crippen LogP contribution in [0.4, 0.5) is 29.1 Å². The number of anilines is 1. The van der Waals surface area contributed by atoms with Crippen molar-refractivity contribution in [1.29, 1.82) is 0 Å². The number of nitro groups is 1. The van der Waals surface area contributed by atoms with Crippen molar-refractivity contribution in [2.24, 2.45) is 0 Å². The molecule has 2 aromatic rings. The second kappa shape index (κ2) is 8.25. The quantitative estimate of drug-likeness (QED) is 0.460. The lowest BCUT2D eigenvalue weighted by Gasteiger charge is -2.39. The number of halogens is 4. The Morgan fingerprint density at radius 1 is 1.27 bits per heavy atom. The van der Waals surface area contributed by atoms with E-state index in [2.05, 4.69) is 4.98 Å². The van der Waals surface area contributed by atoms with Gasteiger partial charge in [-0.3, -0.25) is 14.9 Å². The van der Waals surface area contributed by atoms with Gasteiger partial charge in [0.2, 0.25) is 5.82 Å². The first kappa shape index (κ1) is 21.5. The van der Waals surface area contributed by atoms with Crippen molar-refractivity contribution >= 4 is 17.4 Å². The first-order valence-electron chi connectivity index (χ1n) is 9.06. The molecule has 1 fully saturated rings. The zero-order valence-corrected chi connectivity index (χ0v) is 15.8. The molecule has 1 aromatic heterocycles. The number of alkyl halides is 3. The molecule has 0 radical (unpaired) electrons.